The molecule has 3 saturated heterocycles. The molecule has 41 heavy (non-hydrogen) atoms. The molecule has 3 fully saturated rings. The Morgan fingerprint density at radius 2 is 1.80 bits per heavy atom. The number of hydrogen-bond acceptors (Lipinski definition) is 9. The van der Waals surface area contributed by atoms with Gasteiger partial charge in [-0.05, 0) is 50.3 Å². The Hall–Kier alpha value is -3.06. The number of rotatable bonds is 14. The van der Waals surface area contributed by atoms with Crippen LogP contribution in [-0.4, -0.2) is 100.0 Å². The standard InChI is InChI=1S/C29H42N4O8/c1-18(31-25(34)14-22-15-30-9-11-40-22)27(36)33-24(12-19-4-6-21(38-3)7-5-19)28(37)32-23(13-20-8-10-39-16-20)26(35)29(2)17-41-29/h4-7,18,20,22-24,30H,8-17H2,1-3H3,(H,31,34)(H,32,37)(H,33,36)/t18-,20-,22?,23-,24-,29+/m0/s1. The maximum atomic E-state index is 13.7. The fourth-order valence-corrected chi connectivity index (χ4v) is 5.05. The Bertz CT molecular complexity index is 1070. The molecule has 3 aliphatic rings. The molecule has 0 radical (unpaired) electrons. The number of ether oxygens (including phenoxy) is 4. The summed E-state index contributed by atoms with van der Waals surface area (Å²) < 4.78 is 21.7. The summed E-state index contributed by atoms with van der Waals surface area (Å²) >= 11 is 0. The minimum Gasteiger partial charge on any atom is -0.497 e. The van der Waals surface area contributed by atoms with Gasteiger partial charge in [0.05, 0.1) is 38.9 Å². The lowest BCUT2D eigenvalue weighted by atomic mass is 9.91. The first-order valence-corrected chi connectivity index (χ1v) is 14.3. The summed E-state index contributed by atoms with van der Waals surface area (Å²) in [6.45, 7) is 6.57. The molecule has 3 amide bonds. The first kappa shape index (κ1) is 30.9. The zero-order valence-corrected chi connectivity index (χ0v) is 24.0. The highest BCUT2D eigenvalue weighted by Gasteiger charge is 2.50. The molecule has 4 rings (SSSR count). The van der Waals surface area contributed by atoms with E-state index in [0.29, 0.717) is 45.1 Å². The van der Waals surface area contributed by atoms with Gasteiger partial charge in [0.1, 0.15) is 23.4 Å². The van der Waals surface area contributed by atoms with Gasteiger partial charge < -0.3 is 40.2 Å². The number of amides is 3. The van der Waals surface area contributed by atoms with Crippen molar-refractivity contribution in [2.75, 3.05) is 46.6 Å². The molecule has 0 spiro atoms. The quantitative estimate of drug-likeness (QED) is 0.222. The Morgan fingerprint density at radius 1 is 1.07 bits per heavy atom. The van der Waals surface area contributed by atoms with Crippen LogP contribution in [0.1, 0.15) is 38.7 Å². The van der Waals surface area contributed by atoms with Crippen LogP contribution in [0.5, 0.6) is 5.75 Å². The number of ketones is 1. The predicted molar refractivity (Wildman–Crippen MR) is 148 cm³/mol. The number of morpholine rings is 1. The summed E-state index contributed by atoms with van der Waals surface area (Å²) in [6.07, 6.45) is 1.27. The highest BCUT2D eigenvalue weighted by atomic mass is 16.6. The van der Waals surface area contributed by atoms with E-state index in [-0.39, 0.29) is 36.6 Å². The molecule has 12 nitrogen and oxygen atoms in total. The highest BCUT2D eigenvalue weighted by molar-refractivity contribution is 5.98. The summed E-state index contributed by atoms with van der Waals surface area (Å²) in [6, 6.07) is 4.50. The maximum absolute atomic E-state index is 13.7. The van der Waals surface area contributed by atoms with Crippen LogP contribution in [0.4, 0.5) is 0 Å². The van der Waals surface area contributed by atoms with Gasteiger partial charge in [0.2, 0.25) is 17.7 Å². The van der Waals surface area contributed by atoms with Crippen LogP contribution in [0.15, 0.2) is 24.3 Å². The molecule has 4 N–H and O–H groups in total. The van der Waals surface area contributed by atoms with Crippen molar-refractivity contribution in [2.45, 2.75) is 69.4 Å². The highest BCUT2D eigenvalue weighted by Crippen LogP contribution is 2.31. The number of benzene rings is 1. The molecule has 226 valence electrons. The van der Waals surface area contributed by atoms with Crippen LogP contribution in [-0.2, 0) is 39.8 Å². The average Bonchev–Trinajstić information content (AvgIpc) is 3.51. The van der Waals surface area contributed by atoms with Gasteiger partial charge >= 0.3 is 0 Å². The molecule has 1 unspecified atom stereocenters. The van der Waals surface area contributed by atoms with Gasteiger partial charge in [-0.25, -0.2) is 0 Å². The Labute approximate surface area is 240 Å². The first-order chi connectivity index (χ1) is 19.7. The van der Waals surface area contributed by atoms with Crippen LogP contribution in [0.3, 0.4) is 0 Å². The first-order valence-electron chi connectivity index (χ1n) is 14.3. The molecule has 0 aromatic heterocycles. The van der Waals surface area contributed by atoms with Crippen molar-refractivity contribution in [3.63, 3.8) is 0 Å². The van der Waals surface area contributed by atoms with Crippen LogP contribution in [0.2, 0.25) is 0 Å². The van der Waals surface area contributed by atoms with Gasteiger partial charge in [0.15, 0.2) is 5.78 Å². The molecule has 1 aromatic carbocycles. The van der Waals surface area contributed by atoms with E-state index in [4.69, 9.17) is 18.9 Å². The summed E-state index contributed by atoms with van der Waals surface area (Å²) in [5.74, 6) is -0.712. The predicted octanol–water partition coefficient (Wildman–Crippen LogP) is -0.125. The molecule has 0 aliphatic carbocycles. The molecule has 12 heteroatoms. The topological polar surface area (TPSA) is 157 Å². The summed E-state index contributed by atoms with van der Waals surface area (Å²) in [5.41, 5.74) is -0.128. The van der Waals surface area contributed by atoms with E-state index < -0.39 is 35.5 Å². The van der Waals surface area contributed by atoms with E-state index in [1.165, 1.54) is 0 Å². The minimum atomic E-state index is -0.996. The summed E-state index contributed by atoms with van der Waals surface area (Å²) in [4.78, 5) is 52.6. The Kier molecular flexibility index (Phi) is 10.7. The largest absolute Gasteiger partial charge is 0.497 e. The third-order valence-corrected chi connectivity index (χ3v) is 7.74. The Balaban J connectivity index is 1.43. The molecule has 6 atom stereocenters. The number of carbonyl (C=O) groups excluding carboxylic acids is 4. The fraction of sp³-hybridized carbons (Fsp3) is 0.655. The molecule has 3 heterocycles. The van der Waals surface area contributed by atoms with Crippen molar-refractivity contribution in [1.29, 1.82) is 0 Å². The SMILES string of the molecule is COc1ccc(C[C@H](NC(=O)[C@H](C)NC(=O)CC2CNCCO2)C(=O)N[C@@H](C[C@@H]2CCOC2)C(=O)[C@@]2(C)CO2)cc1. The van der Waals surface area contributed by atoms with Gasteiger partial charge in [-0.15, -0.1) is 0 Å². The molecular weight excluding hydrogens is 532 g/mol. The zero-order valence-electron chi connectivity index (χ0n) is 24.0. The third kappa shape index (κ3) is 8.96. The van der Waals surface area contributed by atoms with Crippen LogP contribution >= 0.6 is 0 Å². The number of hydrogen-bond donors (Lipinski definition) is 4. The van der Waals surface area contributed by atoms with E-state index >= 15 is 0 Å². The second kappa shape index (κ2) is 14.2. The van der Waals surface area contributed by atoms with Crippen molar-refractivity contribution in [3.8, 4) is 5.75 Å². The summed E-state index contributed by atoms with van der Waals surface area (Å²) in [5, 5.41) is 11.5. The van der Waals surface area contributed by atoms with E-state index in [1.807, 2.05) is 12.1 Å². The minimum absolute atomic E-state index is 0.121. The number of Topliss-reactive ketones (excluding diaryl/α,β-unsaturated/α-hetero) is 1. The molecular formula is C29H42N4O8. The zero-order chi connectivity index (χ0) is 29.4. The second-order valence-electron chi connectivity index (χ2n) is 11.2. The van der Waals surface area contributed by atoms with Crippen LogP contribution in [0.25, 0.3) is 0 Å². The van der Waals surface area contributed by atoms with Crippen molar-refractivity contribution < 1.29 is 38.1 Å². The fourth-order valence-electron chi connectivity index (χ4n) is 5.05. The van der Waals surface area contributed by atoms with Crippen molar-refractivity contribution >= 4 is 23.5 Å². The van der Waals surface area contributed by atoms with Crippen LogP contribution < -0.4 is 26.0 Å². The number of methoxy groups -OCH3 is 1. The molecule has 3 aliphatic heterocycles. The second-order valence-corrected chi connectivity index (χ2v) is 11.2. The van der Waals surface area contributed by atoms with Gasteiger partial charge in [-0.3, -0.25) is 19.2 Å². The molecule has 0 saturated carbocycles. The van der Waals surface area contributed by atoms with Gasteiger partial charge in [-0.1, -0.05) is 12.1 Å². The van der Waals surface area contributed by atoms with Gasteiger partial charge in [0.25, 0.3) is 0 Å². The molecule has 0 bridgehead atoms. The van der Waals surface area contributed by atoms with Crippen molar-refractivity contribution in [3.05, 3.63) is 29.8 Å². The van der Waals surface area contributed by atoms with E-state index in [2.05, 4.69) is 21.3 Å². The average molecular weight is 575 g/mol. The van der Waals surface area contributed by atoms with Crippen molar-refractivity contribution in [1.82, 2.24) is 21.3 Å². The molecule has 1 aromatic rings. The lowest BCUT2D eigenvalue weighted by Gasteiger charge is -2.27. The lowest BCUT2D eigenvalue weighted by Crippen LogP contribution is -2.57. The number of nitrogens with one attached hydrogen (secondary N) is 4. The third-order valence-electron chi connectivity index (χ3n) is 7.74. The lowest BCUT2D eigenvalue weighted by molar-refractivity contribution is -0.134. The van der Waals surface area contributed by atoms with Gasteiger partial charge in [-0.2, -0.15) is 0 Å². The smallest absolute Gasteiger partial charge is 0.243 e. The number of epoxide rings is 1. The summed E-state index contributed by atoms with van der Waals surface area (Å²) in [7, 11) is 1.56. The van der Waals surface area contributed by atoms with Crippen molar-refractivity contribution in [2.24, 2.45) is 5.92 Å². The maximum Gasteiger partial charge on any atom is 0.243 e. The van der Waals surface area contributed by atoms with E-state index in [1.54, 1.807) is 33.1 Å². The Morgan fingerprint density at radius 3 is 2.41 bits per heavy atom. The van der Waals surface area contributed by atoms with E-state index in [9.17, 15) is 19.2 Å². The van der Waals surface area contributed by atoms with E-state index in [0.717, 1.165) is 18.5 Å². The number of carbonyl (C=O) groups is 4. The monoisotopic (exact) mass is 574 g/mol. The van der Waals surface area contributed by atoms with Gasteiger partial charge in [0, 0.05) is 32.7 Å². The normalized spacial score (nSPS) is 25.8. The van der Waals surface area contributed by atoms with Crippen LogP contribution in [0, 0.1) is 5.92 Å².